The molecule has 0 spiro atoms. The second-order valence-corrected chi connectivity index (χ2v) is 8.59. The zero-order valence-electron chi connectivity index (χ0n) is 21.2. The summed E-state index contributed by atoms with van der Waals surface area (Å²) < 4.78 is 35.0. The van der Waals surface area contributed by atoms with Gasteiger partial charge in [-0.05, 0) is 53.9 Å². The quantitative estimate of drug-likeness (QED) is 0.295. The summed E-state index contributed by atoms with van der Waals surface area (Å²) in [5.41, 5.74) is 0.739. The van der Waals surface area contributed by atoms with Crippen LogP contribution in [0.5, 0.6) is 23.0 Å². The molecule has 198 valence electrons. The number of ether oxygens (including phenoxy) is 3. The molecule has 1 heterocycles. The van der Waals surface area contributed by atoms with Crippen molar-refractivity contribution in [3.8, 4) is 23.0 Å². The fourth-order valence-electron chi connectivity index (χ4n) is 4.40. The number of hydrogen-bond donors (Lipinski definition) is 2. The van der Waals surface area contributed by atoms with Crippen LogP contribution in [0.15, 0.2) is 69.9 Å². The van der Waals surface area contributed by atoms with Crippen LogP contribution >= 0.6 is 0 Å². The molecule has 4 rings (SSSR count). The van der Waals surface area contributed by atoms with E-state index < -0.39 is 11.5 Å². The number of benzene rings is 3. The van der Waals surface area contributed by atoms with E-state index >= 15 is 0 Å². The van der Waals surface area contributed by atoms with Crippen molar-refractivity contribution in [2.45, 2.75) is 18.8 Å². The van der Waals surface area contributed by atoms with Gasteiger partial charge in [0.2, 0.25) is 11.7 Å². The third-order valence-corrected chi connectivity index (χ3v) is 6.30. The maximum atomic E-state index is 13.2. The Kier molecular flexibility index (Phi) is 8.15. The van der Waals surface area contributed by atoms with Crippen molar-refractivity contribution >= 4 is 16.9 Å². The van der Waals surface area contributed by atoms with Gasteiger partial charge >= 0.3 is 5.63 Å². The van der Waals surface area contributed by atoms with Gasteiger partial charge in [0.25, 0.3) is 0 Å². The summed E-state index contributed by atoms with van der Waals surface area (Å²) in [5, 5.41) is 14.3. The monoisotopic (exact) mass is 521 g/mol. The van der Waals surface area contributed by atoms with Gasteiger partial charge < -0.3 is 29.1 Å². The van der Waals surface area contributed by atoms with Gasteiger partial charge in [-0.25, -0.2) is 9.18 Å². The molecule has 0 aliphatic rings. The zero-order valence-corrected chi connectivity index (χ0v) is 21.2. The van der Waals surface area contributed by atoms with E-state index in [0.29, 0.717) is 41.2 Å². The number of aromatic hydroxyl groups is 1. The van der Waals surface area contributed by atoms with E-state index in [1.165, 1.54) is 33.5 Å². The first-order valence-corrected chi connectivity index (χ1v) is 11.9. The standard InChI is InChI=1S/C29H28FNO7/c1-35-23-14-18(15-24(36-2)28(23)37-3)21(16-25(32)31-13-12-17-8-10-19(30)11-9-17)26-27(33)20-6-4-5-7-22(20)38-29(26)34/h4-11,14-15,21,33H,12-13,16H2,1-3H3,(H,31,32). The Morgan fingerprint density at radius 3 is 2.29 bits per heavy atom. The van der Waals surface area contributed by atoms with E-state index in [9.17, 15) is 19.1 Å². The highest BCUT2D eigenvalue weighted by atomic mass is 19.1. The lowest BCUT2D eigenvalue weighted by Gasteiger charge is -2.21. The summed E-state index contributed by atoms with van der Waals surface area (Å²) in [5.74, 6) is -0.875. The lowest BCUT2D eigenvalue weighted by Crippen LogP contribution is -2.28. The highest BCUT2D eigenvalue weighted by Gasteiger charge is 2.29. The molecule has 0 radical (unpaired) electrons. The van der Waals surface area contributed by atoms with Crippen LogP contribution in [0.3, 0.4) is 0 Å². The van der Waals surface area contributed by atoms with Crippen LogP contribution in [0.1, 0.15) is 29.0 Å². The van der Waals surface area contributed by atoms with Crippen LogP contribution in [0, 0.1) is 5.82 Å². The van der Waals surface area contributed by atoms with E-state index in [1.54, 1.807) is 48.5 Å². The molecule has 0 saturated heterocycles. The predicted octanol–water partition coefficient (Wildman–Crippen LogP) is 4.54. The first kappa shape index (κ1) is 26.5. The molecule has 0 fully saturated rings. The lowest BCUT2D eigenvalue weighted by atomic mass is 9.87. The van der Waals surface area contributed by atoms with Crippen LogP contribution in [-0.2, 0) is 11.2 Å². The number of para-hydroxylation sites is 1. The molecule has 1 atom stereocenters. The molecule has 3 aromatic carbocycles. The van der Waals surface area contributed by atoms with Gasteiger partial charge in [-0.1, -0.05) is 24.3 Å². The molecule has 9 heteroatoms. The molecule has 1 unspecified atom stereocenters. The smallest absolute Gasteiger partial charge is 0.343 e. The fourth-order valence-corrected chi connectivity index (χ4v) is 4.40. The summed E-state index contributed by atoms with van der Waals surface area (Å²) in [6.07, 6.45) is 0.308. The number of hydrogen-bond acceptors (Lipinski definition) is 7. The molecule has 1 aromatic heterocycles. The largest absolute Gasteiger partial charge is 0.507 e. The zero-order chi connectivity index (χ0) is 27.2. The average molecular weight is 522 g/mol. The lowest BCUT2D eigenvalue weighted by molar-refractivity contribution is -0.121. The van der Waals surface area contributed by atoms with E-state index in [1.807, 2.05) is 0 Å². The highest BCUT2D eigenvalue weighted by molar-refractivity contribution is 5.85. The normalized spacial score (nSPS) is 11.7. The van der Waals surface area contributed by atoms with Crippen molar-refractivity contribution in [1.82, 2.24) is 5.32 Å². The van der Waals surface area contributed by atoms with E-state index in [-0.39, 0.29) is 35.0 Å². The molecule has 1 amide bonds. The minimum atomic E-state index is -0.907. The van der Waals surface area contributed by atoms with Gasteiger partial charge in [-0.3, -0.25) is 4.79 Å². The van der Waals surface area contributed by atoms with E-state index in [2.05, 4.69) is 5.32 Å². The van der Waals surface area contributed by atoms with Gasteiger partial charge in [0.1, 0.15) is 17.1 Å². The van der Waals surface area contributed by atoms with Crippen LogP contribution in [0.2, 0.25) is 0 Å². The van der Waals surface area contributed by atoms with E-state index in [0.717, 1.165) is 5.56 Å². The van der Waals surface area contributed by atoms with Crippen molar-refractivity contribution in [1.29, 1.82) is 0 Å². The summed E-state index contributed by atoms with van der Waals surface area (Å²) in [7, 11) is 4.38. The summed E-state index contributed by atoms with van der Waals surface area (Å²) in [4.78, 5) is 26.2. The first-order valence-electron chi connectivity index (χ1n) is 11.9. The molecule has 0 aliphatic heterocycles. The van der Waals surface area contributed by atoms with Crippen molar-refractivity contribution < 1.29 is 32.9 Å². The average Bonchev–Trinajstić information content (AvgIpc) is 2.92. The first-order chi connectivity index (χ1) is 18.4. The van der Waals surface area contributed by atoms with Crippen molar-refractivity contribution in [3.63, 3.8) is 0 Å². The minimum Gasteiger partial charge on any atom is -0.507 e. The van der Waals surface area contributed by atoms with Gasteiger partial charge in [0, 0.05) is 18.9 Å². The molecular weight excluding hydrogens is 493 g/mol. The summed E-state index contributed by atoms with van der Waals surface area (Å²) >= 11 is 0. The van der Waals surface area contributed by atoms with Gasteiger partial charge in [0.15, 0.2) is 11.5 Å². The fraction of sp³-hybridized carbons (Fsp3) is 0.241. The number of amides is 1. The Bertz CT molecular complexity index is 1470. The summed E-state index contributed by atoms with van der Waals surface area (Å²) in [6.45, 7) is 0.296. The maximum absolute atomic E-state index is 13.2. The van der Waals surface area contributed by atoms with Crippen LogP contribution in [-0.4, -0.2) is 38.9 Å². The molecule has 4 aromatic rings. The minimum absolute atomic E-state index is 0.0633. The number of nitrogens with one attached hydrogen (secondary N) is 1. The Morgan fingerprint density at radius 1 is 1.00 bits per heavy atom. The van der Waals surface area contributed by atoms with Crippen LogP contribution in [0.25, 0.3) is 11.0 Å². The maximum Gasteiger partial charge on any atom is 0.343 e. The number of fused-ring (bicyclic) bond motifs is 1. The Balaban J connectivity index is 1.72. The van der Waals surface area contributed by atoms with Crippen LogP contribution < -0.4 is 25.2 Å². The molecule has 0 saturated carbocycles. The number of methoxy groups -OCH3 is 3. The molecule has 2 N–H and O–H groups in total. The van der Waals surface area contributed by atoms with Crippen LogP contribution in [0.4, 0.5) is 4.39 Å². The third kappa shape index (κ3) is 5.56. The Labute approximate surface area is 218 Å². The number of halogens is 1. The van der Waals surface area contributed by atoms with Crippen molar-refractivity contribution in [2.75, 3.05) is 27.9 Å². The molecular formula is C29H28FNO7. The van der Waals surface area contributed by atoms with Gasteiger partial charge in [-0.15, -0.1) is 0 Å². The molecule has 38 heavy (non-hydrogen) atoms. The number of carbonyl (C=O) groups excluding carboxylic acids is 1. The molecule has 0 bridgehead atoms. The number of carbonyl (C=O) groups is 1. The second-order valence-electron chi connectivity index (χ2n) is 8.59. The number of rotatable bonds is 10. The summed E-state index contributed by atoms with van der Waals surface area (Å²) in [6, 6.07) is 15.9. The topological polar surface area (TPSA) is 107 Å². The highest BCUT2D eigenvalue weighted by Crippen LogP contribution is 2.43. The third-order valence-electron chi connectivity index (χ3n) is 6.30. The SMILES string of the molecule is COc1cc(C(CC(=O)NCCc2ccc(F)cc2)c2c(O)c3ccccc3oc2=O)cc(OC)c1OC. The van der Waals surface area contributed by atoms with E-state index in [4.69, 9.17) is 18.6 Å². The molecule has 0 aliphatic carbocycles. The second kappa shape index (κ2) is 11.7. The van der Waals surface area contributed by atoms with Crippen molar-refractivity contribution in [3.05, 3.63) is 93.6 Å². The molecule has 8 nitrogen and oxygen atoms in total. The predicted molar refractivity (Wildman–Crippen MR) is 140 cm³/mol. The van der Waals surface area contributed by atoms with Crippen molar-refractivity contribution in [2.24, 2.45) is 0 Å². The van der Waals surface area contributed by atoms with Gasteiger partial charge in [0.05, 0.1) is 32.3 Å². The Morgan fingerprint density at radius 2 is 1.66 bits per heavy atom. The Hall–Kier alpha value is -4.53. The van der Waals surface area contributed by atoms with Gasteiger partial charge in [-0.2, -0.15) is 0 Å².